The van der Waals surface area contributed by atoms with Gasteiger partial charge in [0.15, 0.2) is 0 Å². The lowest BCUT2D eigenvalue weighted by atomic mass is 9.92. The monoisotopic (exact) mass is 219 g/mol. The fourth-order valence-electron chi connectivity index (χ4n) is 2.59. The minimum absolute atomic E-state index is 0.101. The van der Waals surface area contributed by atoms with Gasteiger partial charge >= 0.3 is 0 Å². The molecule has 1 atom stereocenters. The van der Waals surface area contributed by atoms with E-state index in [4.69, 9.17) is 5.11 Å². The summed E-state index contributed by atoms with van der Waals surface area (Å²) < 4.78 is 26.1. The molecule has 1 unspecified atom stereocenters. The highest BCUT2D eigenvalue weighted by molar-refractivity contribution is 5.11. The molecular formula is C11H19F2NO. The number of alkyl halides is 2. The molecule has 0 amide bonds. The summed E-state index contributed by atoms with van der Waals surface area (Å²) in [5, 5.41) is 8.92. The Bertz CT molecular complexity index is 237. The molecule has 88 valence electrons. The summed E-state index contributed by atoms with van der Waals surface area (Å²) >= 11 is 0. The first-order valence-electron chi connectivity index (χ1n) is 5.70. The first kappa shape index (κ1) is 11.3. The largest absolute Gasteiger partial charge is 0.396 e. The van der Waals surface area contributed by atoms with Gasteiger partial charge in [-0.1, -0.05) is 6.92 Å². The minimum atomic E-state index is -2.39. The normalized spacial score (nSPS) is 30.4. The highest BCUT2D eigenvalue weighted by Crippen LogP contribution is 2.65. The van der Waals surface area contributed by atoms with Crippen LogP contribution in [-0.4, -0.2) is 42.2 Å². The van der Waals surface area contributed by atoms with Crippen molar-refractivity contribution < 1.29 is 13.9 Å². The summed E-state index contributed by atoms with van der Waals surface area (Å²) in [6, 6.07) is 0. The van der Waals surface area contributed by atoms with Crippen molar-refractivity contribution >= 4 is 0 Å². The van der Waals surface area contributed by atoms with Gasteiger partial charge in [-0.15, -0.1) is 0 Å². The highest BCUT2D eigenvalue weighted by Gasteiger charge is 2.70. The van der Waals surface area contributed by atoms with E-state index in [1.807, 2.05) is 6.92 Å². The maximum Gasteiger partial charge on any atom is 0.254 e. The van der Waals surface area contributed by atoms with E-state index < -0.39 is 11.3 Å². The molecule has 1 heterocycles. The zero-order valence-corrected chi connectivity index (χ0v) is 9.18. The van der Waals surface area contributed by atoms with E-state index in [1.165, 1.54) is 0 Å². The van der Waals surface area contributed by atoms with Crippen LogP contribution in [0.25, 0.3) is 0 Å². The Labute approximate surface area is 89.3 Å². The third-order valence-corrected chi connectivity index (χ3v) is 3.91. The van der Waals surface area contributed by atoms with Crippen LogP contribution in [0.1, 0.15) is 26.2 Å². The van der Waals surface area contributed by atoms with E-state index in [1.54, 1.807) is 0 Å². The van der Waals surface area contributed by atoms with Crippen LogP contribution in [0.5, 0.6) is 0 Å². The summed E-state index contributed by atoms with van der Waals surface area (Å²) in [4.78, 5) is 2.19. The van der Waals surface area contributed by atoms with Gasteiger partial charge in [0, 0.05) is 25.0 Å². The topological polar surface area (TPSA) is 23.5 Å². The van der Waals surface area contributed by atoms with Crippen LogP contribution in [0.2, 0.25) is 0 Å². The van der Waals surface area contributed by atoms with Crippen LogP contribution < -0.4 is 0 Å². The third-order valence-electron chi connectivity index (χ3n) is 3.91. The van der Waals surface area contributed by atoms with Gasteiger partial charge in [-0.2, -0.15) is 0 Å². The Morgan fingerprint density at radius 2 is 1.87 bits per heavy atom. The number of aliphatic hydroxyl groups is 1. The highest BCUT2D eigenvalue weighted by atomic mass is 19.3. The molecule has 0 aromatic rings. The van der Waals surface area contributed by atoms with Crippen LogP contribution in [-0.2, 0) is 0 Å². The van der Waals surface area contributed by atoms with Crippen LogP contribution >= 0.6 is 0 Å². The molecule has 2 rings (SSSR count). The van der Waals surface area contributed by atoms with Crippen molar-refractivity contribution in [2.24, 2.45) is 11.3 Å². The minimum Gasteiger partial charge on any atom is -0.396 e. The molecule has 4 heteroatoms. The quantitative estimate of drug-likeness (QED) is 0.781. The molecule has 0 radical (unpaired) electrons. The lowest BCUT2D eigenvalue weighted by Gasteiger charge is -2.33. The van der Waals surface area contributed by atoms with Gasteiger partial charge in [0.25, 0.3) is 5.92 Å². The Hall–Kier alpha value is -0.220. The molecule has 2 aliphatic rings. The fourth-order valence-corrected chi connectivity index (χ4v) is 2.59. The van der Waals surface area contributed by atoms with E-state index in [0.717, 1.165) is 19.6 Å². The lowest BCUT2D eigenvalue weighted by Crippen LogP contribution is -2.39. The van der Waals surface area contributed by atoms with Crippen molar-refractivity contribution in [3.63, 3.8) is 0 Å². The summed E-state index contributed by atoms with van der Waals surface area (Å²) in [5.74, 6) is -2.14. The maximum atomic E-state index is 13.1. The molecule has 1 saturated carbocycles. The smallest absolute Gasteiger partial charge is 0.254 e. The number of hydrogen-bond donors (Lipinski definition) is 1. The zero-order chi connectivity index (χ0) is 11.1. The Morgan fingerprint density at radius 3 is 2.27 bits per heavy atom. The SMILES string of the molecule is CC(CO)CN1CCC2(CC1)CC2(F)F. The molecule has 2 nitrogen and oxygen atoms in total. The van der Waals surface area contributed by atoms with Gasteiger partial charge < -0.3 is 10.0 Å². The molecular weight excluding hydrogens is 200 g/mol. The Kier molecular flexibility index (Phi) is 2.75. The van der Waals surface area contributed by atoms with Crippen molar-refractivity contribution in [2.75, 3.05) is 26.2 Å². The van der Waals surface area contributed by atoms with E-state index in [-0.39, 0.29) is 18.9 Å². The van der Waals surface area contributed by atoms with Crippen molar-refractivity contribution in [1.29, 1.82) is 0 Å². The Balaban J connectivity index is 1.78. The van der Waals surface area contributed by atoms with Gasteiger partial charge in [0.2, 0.25) is 0 Å². The van der Waals surface area contributed by atoms with Crippen molar-refractivity contribution in [3.8, 4) is 0 Å². The number of halogens is 2. The van der Waals surface area contributed by atoms with Crippen LogP contribution in [0.15, 0.2) is 0 Å². The molecule has 15 heavy (non-hydrogen) atoms. The van der Waals surface area contributed by atoms with E-state index in [9.17, 15) is 8.78 Å². The second kappa shape index (κ2) is 3.67. The van der Waals surface area contributed by atoms with Gasteiger partial charge in [0.05, 0.1) is 0 Å². The number of hydrogen-bond acceptors (Lipinski definition) is 2. The second-order valence-corrected chi connectivity index (χ2v) is 5.25. The first-order chi connectivity index (χ1) is 6.99. The van der Waals surface area contributed by atoms with Gasteiger partial charge in [-0.05, 0) is 31.8 Å². The van der Waals surface area contributed by atoms with E-state index >= 15 is 0 Å². The number of piperidine rings is 1. The lowest BCUT2D eigenvalue weighted by molar-refractivity contribution is 0.0271. The molecule has 0 aromatic carbocycles. The van der Waals surface area contributed by atoms with Crippen LogP contribution in [0.3, 0.4) is 0 Å². The van der Waals surface area contributed by atoms with Gasteiger partial charge in [-0.25, -0.2) is 8.78 Å². The second-order valence-electron chi connectivity index (χ2n) is 5.25. The summed E-state index contributed by atoms with van der Waals surface area (Å²) in [6.07, 6.45) is 1.35. The van der Waals surface area contributed by atoms with Crippen molar-refractivity contribution in [2.45, 2.75) is 32.1 Å². The fraction of sp³-hybridized carbons (Fsp3) is 1.00. The zero-order valence-electron chi connectivity index (χ0n) is 9.18. The summed E-state index contributed by atoms with van der Waals surface area (Å²) in [6.45, 7) is 4.52. The number of aliphatic hydroxyl groups excluding tert-OH is 1. The van der Waals surface area contributed by atoms with Crippen molar-refractivity contribution in [1.82, 2.24) is 4.90 Å². The molecule has 2 fully saturated rings. The molecule has 0 bridgehead atoms. The predicted octanol–water partition coefficient (Wildman–Crippen LogP) is 1.74. The third kappa shape index (κ3) is 2.02. The van der Waals surface area contributed by atoms with Crippen molar-refractivity contribution in [3.05, 3.63) is 0 Å². The molecule has 0 aromatic heterocycles. The van der Waals surface area contributed by atoms with E-state index in [2.05, 4.69) is 4.90 Å². The van der Waals surface area contributed by atoms with Gasteiger partial charge in [-0.3, -0.25) is 0 Å². The summed E-state index contributed by atoms with van der Waals surface area (Å²) in [7, 11) is 0. The van der Waals surface area contributed by atoms with Gasteiger partial charge in [0.1, 0.15) is 0 Å². The number of likely N-dealkylation sites (tertiary alicyclic amines) is 1. The number of rotatable bonds is 3. The van der Waals surface area contributed by atoms with E-state index in [0.29, 0.717) is 12.8 Å². The number of nitrogens with zero attached hydrogens (tertiary/aromatic N) is 1. The molecule has 1 saturated heterocycles. The maximum absolute atomic E-state index is 13.1. The average Bonchev–Trinajstić information content (AvgIpc) is 2.72. The predicted molar refractivity (Wildman–Crippen MR) is 53.9 cm³/mol. The average molecular weight is 219 g/mol. The molecule has 1 spiro atoms. The first-order valence-corrected chi connectivity index (χ1v) is 5.70. The van der Waals surface area contributed by atoms with Crippen LogP contribution in [0.4, 0.5) is 8.78 Å². The Morgan fingerprint density at radius 1 is 1.33 bits per heavy atom. The van der Waals surface area contributed by atoms with Crippen LogP contribution in [0, 0.1) is 11.3 Å². The molecule has 1 N–H and O–H groups in total. The summed E-state index contributed by atoms with van der Waals surface area (Å²) in [5.41, 5.74) is -0.647. The molecule has 1 aliphatic heterocycles. The molecule has 1 aliphatic carbocycles. The standard InChI is InChI=1S/C11H19F2NO/c1-9(7-15)6-14-4-2-10(3-5-14)8-11(10,12)13/h9,15H,2-8H2,1H3.